The van der Waals surface area contributed by atoms with Crippen LogP contribution >= 0.6 is 0 Å². The van der Waals surface area contributed by atoms with Crippen LogP contribution in [0.4, 0.5) is 0 Å². The number of rotatable bonds is 6. The summed E-state index contributed by atoms with van der Waals surface area (Å²) < 4.78 is 12.0. The number of carbonyl (C=O) groups excluding carboxylic acids is 2. The Bertz CT molecular complexity index is 861. The van der Waals surface area contributed by atoms with Crippen molar-refractivity contribution in [3.8, 4) is 11.5 Å². The average molecular weight is 373 g/mol. The second-order valence-electron chi connectivity index (χ2n) is 6.65. The molecule has 27 heavy (non-hydrogen) atoms. The molecule has 0 aliphatic carbocycles. The molecule has 1 aromatic carbocycles. The number of ether oxygens (including phenoxy) is 2. The first kappa shape index (κ1) is 18.7. The smallest absolute Gasteiger partial charge is 0.274 e. The number of carbonyl (C=O) groups is 2. The maximum absolute atomic E-state index is 12.6. The highest BCUT2D eigenvalue weighted by Crippen LogP contribution is 2.24. The molecular weight excluding hydrogens is 350 g/mol. The van der Waals surface area contributed by atoms with Crippen LogP contribution < -0.4 is 20.1 Å². The quantitative estimate of drug-likeness (QED) is 0.782. The van der Waals surface area contributed by atoms with Crippen molar-refractivity contribution in [3.63, 3.8) is 0 Å². The first-order chi connectivity index (χ1) is 12.9. The van der Waals surface area contributed by atoms with Crippen LogP contribution in [0.3, 0.4) is 0 Å². The van der Waals surface area contributed by atoms with Crippen molar-refractivity contribution >= 4 is 11.8 Å². The summed E-state index contributed by atoms with van der Waals surface area (Å²) in [7, 11) is 3.12. The van der Waals surface area contributed by atoms with Gasteiger partial charge >= 0.3 is 0 Å². The Hall–Kier alpha value is -3.10. The number of fused-ring (bicyclic) bond motifs is 1. The molecule has 0 unspecified atom stereocenters. The van der Waals surface area contributed by atoms with E-state index in [1.54, 1.807) is 32.4 Å². The monoisotopic (exact) mass is 373 g/mol. The van der Waals surface area contributed by atoms with Gasteiger partial charge in [0.05, 0.1) is 26.8 Å². The summed E-state index contributed by atoms with van der Waals surface area (Å²) in [5.74, 6) is 0.719. The Morgan fingerprint density at radius 2 is 2.15 bits per heavy atom. The fourth-order valence-corrected chi connectivity index (χ4v) is 2.94. The molecule has 0 radical (unpaired) electrons. The van der Waals surface area contributed by atoms with Crippen molar-refractivity contribution < 1.29 is 19.1 Å². The van der Waals surface area contributed by atoms with Crippen LogP contribution in [0.2, 0.25) is 0 Å². The van der Waals surface area contributed by atoms with E-state index < -0.39 is 5.91 Å². The van der Waals surface area contributed by atoms with Crippen molar-refractivity contribution in [1.29, 1.82) is 0 Å². The summed E-state index contributed by atoms with van der Waals surface area (Å²) in [6.07, 6.45) is 0. The standard InChI is InChI=1S/C18H23N5O4/c1-10(2)13-9-23-16(18(25)20-13)15(21-22-23)17(24)19-8-11-7-12(26-3)5-6-14(11)27-4/h5-7,10,13H,8-9H2,1-4H3,(H,19,24)(H,20,25)/t13-/m1/s1. The summed E-state index contributed by atoms with van der Waals surface area (Å²) in [5, 5.41) is 13.6. The van der Waals surface area contributed by atoms with Gasteiger partial charge in [-0.25, -0.2) is 4.68 Å². The predicted molar refractivity (Wildman–Crippen MR) is 96.8 cm³/mol. The zero-order valence-electron chi connectivity index (χ0n) is 15.8. The first-order valence-corrected chi connectivity index (χ1v) is 8.68. The number of nitrogens with one attached hydrogen (secondary N) is 2. The van der Waals surface area contributed by atoms with Crippen LogP contribution in [0.15, 0.2) is 18.2 Å². The topological polar surface area (TPSA) is 107 Å². The number of benzene rings is 1. The molecule has 144 valence electrons. The van der Waals surface area contributed by atoms with E-state index in [4.69, 9.17) is 9.47 Å². The molecule has 2 aromatic rings. The Kier molecular flexibility index (Phi) is 5.29. The fourth-order valence-electron chi connectivity index (χ4n) is 2.94. The van der Waals surface area contributed by atoms with E-state index in [0.717, 1.165) is 5.56 Å². The summed E-state index contributed by atoms with van der Waals surface area (Å²) in [5.41, 5.74) is 0.939. The van der Waals surface area contributed by atoms with Crippen LogP contribution in [0.25, 0.3) is 0 Å². The van der Waals surface area contributed by atoms with Crippen LogP contribution in [0, 0.1) is 5.92 Å². The van der Waals surface area contributed by atoms with Gasteiger partial charge in [0.15, 0.2) is 11.4 Å². The van der Waals surface area contributed by atoms with Gasteiger partial charge < -0.3 is 20.1 Å². The largest absolute Gasteiger partial charge is 0.497 e. The zero-order valence-corrected chi connectivity index (χ0v) is 15.8. The molecule has 1 atom stereocenters. The third kappa shape index (κ3) is 3.71. The molecule has 2 N–H and O–H groups in total. The van der Waals surface area contributed by atoms with Gasteiger partial charge in [-0.3, -0.25) is 9.59 Å². The van der Waals surface area contributed by atoms with Gasteiger partial charge in [0, 0.05) is 12.1 Å². The highest BCUT2D eigenvalue weighted by atomic mass is 16.5. The molecular formula is C18H23N5O4. The molecule has 9 nitrogen and oxygen atoms in total. The van der Waals surface area contributed by atoms with E-state index in [9.17, 15) is 9.59 Å². The fraction of sp³-hybridized carbons (Fsp3) is 0.444. The molecule has 1 aromatic heterocycles. The maximum atomic E-state index is 12.6. The maximum Gasteiger partial charge on any atom is 0.274 e. The van der Waals surface area contributed by atoms with E-state index in [1.807, 2.05) is 13.8 Å². The van der Waals surface area contributed by atoms with Crippen molar-refractivity contribution in [3.05, 3.63) is 35.2 Å². The molecule has 0 fully saturated rings. The SMILES string of the molecule is COc1ccc(OC)c(CNC(=O)c2nnn3c2C(=O)N[C@@H](C(C)C)C3)c1. The molecule has 0 saturated carbocycles. The van der Waals surface area contributed by atoms with E-state index in [1.165, 1.54) is 4.68 Å². The molecule has 3 rings (SSSR count). The minimum atomic E-state index is -0.473. The molecule has 2 heterocycles. The second-order valence-corrected chi connectivity index (χ2v) is 6.65. The minimum Gasteiger partial charge on any atom is -0.497 e. The number of hydrogen-bond acceptors (Lipinski definition) is 6. The second kappa shape index (κ2) is 7.65. The lowest BCUT2D eigenvalue weighted by atomic mass is 10.0. The summed E-state index contributed by atoms with van der Waals surface area (Å²) in [6, 6.07) is 5.28. The number of methoxy groups -OCH3 is 2. The van der Waals surface area contributed by atoms with E-state index >= 15 is 0 Å². The molecule has 2 amide bonds. The highest BCUT2D eigenvalue weighted by molar-refractivity contribution is 6.05. The Morgan fingerprint density at radius 3 is 2.81 bits per heavy atom. The predicted octanol–water partition coefficient (Wildman–Crippen LogP) is 0.993. The third-order valence-electron chi connectivity index (χ3n) is 4.58. The Balaban J connectivity index is 1.76. The molecule has 0 bridgehead atoms. The first-order valence-electron chi connectivity index (χ1n) is 8.68. The zero-order chi connectivity index (χ0) is 19.6. The van der Waals surface area contributed by atoms with Crippen molar-refractivity contribution in [1.82, 2.24) is 25.6 Å². The lowest BCUT2D eigenvalue weighted by Gasteiger charge is -2.27. The van der Waals surface area contributed by atoms with Crippen LogP contribution in [0.1, 0.15) is 40.4 Å². The lowest BCUT2D eigenvalue weighted by Crippen LogP contribution is -2.48. The van der Waals surface area contributed by atoms with Gasteiger partial charge in [0.2, 0.25) is 0 Å². The van der Waals surface area contributed by atoms with E-state index in [-0.39, 0.29) is 35.8 Å². The lowest BCUT2D eigenvalue weighted by molar-refractivity contribution is 0.0861. The third-order valence-corrected chi connectivity index (χ3v) is 4.58. The van der Waals surface area contributed by atoms with Gasteiger partial charge in [-0.15, -0.1) is 5.10 Å². The molecule has 0 saturated heterocycles. The Labute approximate surface area is 157 Å². The van der Waals surface area contributed by atoms with Crippen molar-refractivity contribution in [2.45, 2.75) is 33.0 Å². The van der Waals surface area contributed by atoms with Crippen molar-refractivity contribution in [2.75, 3.05) is 14.2 Å². The number of aromatic nitrogens is 3. The van der Waals surface area contributed by atoms with Crippen LogP contribution in [-0.2, 0) is 13.1 Å². The number of nitrogens with zero attached hydrogens (tertiary/aromatic N) is 3. The number of amides is 2. The van der Waals surface area contributed by atoms with Gasteiger partial charge in [-0.2, -0.15) is 0 Å². The molecule has 1 aliphatic rings. The summed E-state index contributed by atoms with van der Waals surface area (Å²) >= 11 is 0. The van der Waals surface area contributed by atoms with E-state index in [2.05, 4.69) is 20.9 Å². The van der Waals surface area contributed by atoms with E-state index in [0.29, 0.717) is 18.0 Å². The summed E-state index contributed by atoms with van der Waals surface area (Å²) in [6.45, 7) is 4.72. The van der Waals surface area contributed by atoms with Crippen LogP contribution in [0.5, 0.6) is 11.5 Å². The Morgan fingerprint density at radius 1 is 1.37 bits per heavy atom. The van der Waals surface area contributed by atoms with Gasteiger partial charge in [-0.1, -0.05) is 19.1 Å². The normalized spacial score (nSPS) is 15.9. The minimum absolute atomic E-state index is 0.0107. The van der Waals surface area contributed by atoms with Crippen LogP contribution in [-0.4, -0.2) is 47.1 Å². The highest BCUT2D eigenvalue weighted by Gasteiger charge is 2.33. The molecule has 1 aliphatic heterocycles. The van der Waals surface area contributed by atoms with Crippen molar-refractivity contribution in [2.24, 2.45) is 5.92 Å². The van der Waals surface area contributed by atoms with Gasteiger partial charge in [0.1, 0.15) is 11.5 Å². The molecule has 9 heteroatoms. The molecule has 0 spiro atoms. The average Bonchev–Trinajstić information content (AvgIpc) is 3.10. The van der Waals surface area contributed by atoms with Gasteiger partial charge in [0.25, 0.3) is 11.8 Å². The number of hydrogen-bond donors (Lipinski definition) is 2. The summed E-state index contributed by atoms with van der Waals surface area (Å²) in [4.78, 5) is 25.0. The van der Waals surface area contributed by atoms with Gasteiger partial charge in [-0.05, 0) is 24.1 Å².